The van der Waals surface area contributed by atoms with Gasteiger partial charge in [0.25, 0.3) is 17.7 Å². The van der Waals surface area contributed by atoms with Gasteiger partial charge >= 0.3 is 0 Å². The molecule has 2 aromatic carbocycles. The van der Waals surface area contributed by atoms with Gasteiger partial charge in [0.2, 0.25) is 0 Å². The van der Waals surface area contributed by atoms with E-state index in [1.165, 1.54) is 11.3 Å². The number of carbonyl (C=O) groups is 3. The highest BCUT2D eigenvalue weighted by Crippen LogP contribution is 2.31. The number of thiazole rings is 1. The fourth-order valence-electron chi connectivity index (χ4n) is 3.32. The third kappa shape index (κ3) is 4.67. The van der Waals surface area contributed by atoms with Crippen molar-refractivity contribution in [3.8, 4) is 0 Å². The Morgan fingerprint density at radius 1 is 1.09 bits per heavy atom. The van der Waals surface area contributed by atoms with Crippen molar-refractivity contribution in [1.29, 1.82) is 0 Å². The summed E-state index contributed by atoms with van der Waals surface area (Å²) in [5, 5.41) is 7.78. The number of hydrogen-bond acceptors (Lipinski definition) is 6. The molecule has 0 saturated carbocycles. The molecule has 33 heavy (non-hydrogen) atoms. The van der Waals surface area contributed by atoms with E-state index in [-0.39, 0.29) is 16.6 Å². The van der Waals surface area contributed by atoms with Gasteiger partial charge in [-0.1, -0.05) is 43.6 Å². The van der Waals surface area contributed by atoms with Crippen LogP contribution < -0.4 is 15.5 Å². The van der Waals surface area contributed by atoms with Crippen molar-refractivity contribution in [2.24, 2.45) is 0 Å². The number of nitrogens with zero attached hydrogens (tertiary/aromatic N) is 2. The lowest BCUT2D eigenvalue weighted by atomic mass is 10.0. The first-order valence-electron chi connectivity index (χ1n) is 10.2. The lowest BCUT2D eigenvalue weighted by molar-refractivity contribution is -0.120. The average Bonchev–Trinajstić information content (AvgIpc) is 3.29. The Labute approximate surface area is 200 Å². The van der Waals surface area contributed by atoms with Crippen molar-refractivity contribution in [2.75, 3.05) is 15.5 Å². The molecule has 0 atom stereocenters. The van der Waals surface area contributed by atoms with Gasteiger partial charge in [0.05, 0.1) is 11.4 Å². The van der Waals surface area contributed by atoms with Crippen LogP contribution in [-0.4, -0.2) is 22.7 Å². The highest BCUT2D eigenvalue weighted by Gasteiger charge is 2.39. The minimum absolute atomic E-state index is 0.0392. The van der Waals surface area contributed by atoms with Crippen molar-refractivity contribution < 1.29 is 14.4 Å². The molecule has 168 valence electrons. The van der Waals surface area contributed by atoms with Crippen molar-refractivity contribution in [3.63, 3.8) is 0 Å². The molecule has 1 aliphatic rings. The van der Waals surface area contributed by atoms with Crippen LogP contribution in [0.2, 0.25) is 0 Å². The van der Waals surface area contributed by atoms with Crippen LogP contribution in [0.5, 0.6) is 0 Å². The minimum atomic E-state index is -0.602. The maximum atomic E-state index is 13.0. The second kappa shape index (κ2) is 9.17. The van der Waals surface area contributed by atoms with E-state index in [4.69, 9.17) is 11.6 Å². The van der Waals surface area contributed by atoms with E-state index < -0.39 is 11.8 Å². The molecule has 0 fully saturated rings. The Morgan fingerprint density at radius 2 is 1.82 bits per heavy atom. The topological polar surface area (TPSA) is 91.4 Å². The molecule has 1 aromatic heterocycles. The second-order valence-corrected chi connectivity index (χ2v) is 9.07. The van der Waals surface area contributed by atoms with Crippen LogP contribution in [-0.2, 0) is 9.59 Å². The number of amides is 3. The quantitative estimate of drug-likeness (QED) is 0.469. The predicted molar refractivity (Wildman–Crippen MR) is 131 cm³/mol. The molecule has 9 heteroatoms. The highest BCUT2D eigenvalue weighted by molar-refractivity contribution is 7.13. The first-order valence-corrected chi connectivity index (χ1v) is 11.5. The molecule has 3 aromatic rings. The molecule has 0 bridgehead atoms. The number of aryl methyl sites for hydroxylation is 1. The number of halogens is 1. The fourth-order valence-corrected chi connectivity index (χ4v) is 4.21. The first-order chi connectivity index (χ1) is 15.7. The Balaban J connectivity index is 1.52. The van der Waals surface area contributed by atoms with Crippen molar-refractivity contribution in [3.05, 3.63) is 81.5 Å². The van der Waals surface area contributed by atoms with E-state index in [1.54, 1.807) is 36.4 Å². The van der Waals surface area contributed by atoms with Gasteiger partial charge in [-0.25, -0.2) is 9.88 Å². The van der Waals surface area contributed by atoms with Gasteiger partial charge in [-0.2, -0.15) is 0 Å². The Morgan fingerprint density at radius 3 is 2.45 bits per heavy atom. The van der Waals surface area contributed by atoms with E-state index in [2.05, 4.69) is 29.5 Å². The Kier molecular flexibility index (Phi) is 6.31. The van der Waals surface area contributed by atoms with Gasteiger partial charge in [-0.15, -0.1) is 11.3 Å². The highest BCUT2D eigenvalue weighted by atomic mass is 35.5. The lowest BCUT2D eigenvalue weighted by Crippen LogP contribution is -2.32. The number of benzene rings is 2. The summed E-state index contributed by atoms with van der Waals surface area (Å²) in [7, 11) is 0. The number of imide groups is 1. The third-order valence-corrected chi connectivity index (χ3v) is 6.31. The zero-order chi connectivity index (χ0) is 23.7. The van der Waals surface area contributed by atoms with Crippen LogP contribution in [0.25, 0.3) is 0 Å². The Hall–Kier alpha value is -3.49. The fraction of sp³-hybridized carbons (Fsp3) is 0.167. The number of hydrogen-bond donors (Lipinski definition) is 2. The molecule has 0 saturated heterocycles. The summed E-state index contributed by atoms with van der Waals surface area (Å²) in [4.78, 5) is 43.6. The molecule has 3 amide bonds. The maximum absolute atomic E-state index is 13.0. The van der Waals surface area contributed by atoms with Crippen LogP contribution in [0, 0.1) is 6.92 Å². The lowest BCUT2D eigenvalue weighted by Gasteiger charge is -2.16. The summed E-state index contributed by atoms with van der Waals surface area (Å²) < 4.78 is 0. The average molecular weight is 481 g/mol. The summed E-state index contributed by atoms with van der Waals surface area (Å²) >= 11 is 7.56. The summed E-state index contributed by atoms with van der Waals surface area (Å²) in [5.74, 6) is -1.18. The molecule has 0 aliphatic carbocycles. The van der Waals surface area contributed by atoms with Crippen LogP contribution in [0.15, 0.2) is 64.6 Å². The minimum Gasteiger partial charge on any atom is -0.350 e. The van der Waals surface area contributed by atoms with Gasteiger partial charge in [-0.05, 0) is 48.7 Å². The summed E-state index contributed by atoms with van der Waals surface area (Å²) in [6.45, 7) is 5.97. The van der Waals surface area contributed by atoms with Crippen molar-refractivity contribution in [2.45, 2.75) is 26.7 Å². The number of carbonyl (C=O) groups excluding carboxylic acids is 3. The third-order valence-electron chi connectivity index (χ3n) is 5.08. The van der Waals surface area contributed by atoms with Gasteiger partial charge in [0, 0.05) is 16.6 Å². The smallest absolute Gasteiger partial charge is 0.283 e. The zero-order valence-corrected chi connectivity index (χ0v) is 19.8. The SMILES string of the molecule is Cc1csc(NC(=O)c2cccc(NC3=C(Cl)C(=O)N(c4ccc(C(C)C)cc4)C3=O)c2)n1. The van der Waals surface area contributed by atoms with E-state index in [0.29, 0.717) is 28.0 Å². The van der Waals surface area contributed by atoms with Gasteiger partial charge in [0.1, 0.15) is 10.7 Å². The summed E-state index contributed by atoms with van der Waals surface area (Å²) in [5.41, 5.74) is 3.13. The molecule has 2 N–H and O–H groups in total. The molecule has 2 heterocycles. The summed E-state index contributed by atoms with van der Waals surface area (Å²) in [6, 6.07) is 13.8. The largest absolute Gasteiger partial charge is 0.350 e. The van der Waals surface area contributed by atoms with Crippen LogP contribution in [0.3, 0.4) is 0 Å². The van der Waals surface area contributed by atoms with Crippen LogP contribution in [0.4, 0.5) is 16.5 Å². The van der Waals surface area contributed by atoms with E-state index >= 15 is 0 Å². The van der Waals surface area contributed by atoms with Gasteiger partial charge < -0.3 is 5.32 Å². The normalized spacial score (nSPS) is 13.8. The first kappa shape index (κ1) is 22.7. The summed E-state index contributed by atoms with van der Waals surface area (Å²) in [6.07, 6.45) is 0. The molecule has 4 rings (SSSR count). The number of aromatic nitrogens is 1. The van der Waals surface area contributed by atoms with E-state index in [0.717, 1.165) is 16.2 Å². The number of rotatable bonds is 6. The zero-order valence-electron chi connectivity index (χ0n) is 18.2. The van der Waals surface area contributed by atoms with Gasteiger partial charge in [0.15, 0.2) is 5.13 Å². The molecule has 7 nitrogen and oxygen atoms in total. The molecule has 0 radical (unpaired) electrons. The molecule has 1 aliphatic heterocycles. The predicted octanol–water partition coefficient (Wildman–Crippen LogP) is 5.26. The maximum Gasteiger partial charge on any atom is 0.283 e. The number of nitrogens with one attached hydrogen (secondary N) is 2. The van der Waals surface area contributed by atoms with E-state index in [9.17, 15) is 14.4 Å². The number of anilines is 3. The monoisotopic (exact) mass is 480 g/mol. The molecule has 0 unspecified atom stereocenters. The van der Waals surface area contributed by atoms with Crippen LogP contribution in [0.1, 0.15) is 41.4 Å². The van der Waals surface area contributed by atoms with Crippen molar-refractivity contribution in [1.82, 2.24) is 4.98 Å². The molecule has 0 spiro atoms. The van der Waals surface area contributed by atoms with Crippen LogP contribution >= 0.6 is 22.9 Å². The molecular weight excluding hydrogens is 460 g/mol. The van der Waals surface area contributed by atoms with Gasteiger partial charge in [-0.3, -0.25) is 19.7 Å². The van der Waals surface area contributed by atoms with Crippen molar-refractivity contribution >= 4 is 57.2 Å². The molecular formula is C24H21ClN4O3S. The van der Waals surface area contributed by atoms with E-state index in [1.807, 2.05) is 24.4 Å². The second-order valence-electron chi connectivity index (χ2n) is 7.83. The Bertz CT molecular complexity index is 1280. The standard InChI is InChI=1S/C24H21ClN4O3S/c1-13(2)15-7-9-18(10-8-15)29-22(31)19(25)20(23(29)32)27-17-6-4-5-16(11-17)21(30)28-24-26-14(3)12-33-24/h4-13,27H,1-3H3,(H,26,28,30).